The zero-order chi connectivity index (χ0) is 30.5. The van der Waals surface area contributed by atoms with Crippen LogP contribution in [0.5, 0.6) is 5.75 Å². The molecule has 2 amide bonds. The third kappa shape index (κ3) is 8.24. The molecule has 3 rings (SSSR count). The van der Waals surface area contributed by atoms with Crippen LogP contribution < -0.4 is 14.4 Å². The molecule has 0 aromatic heterocycles. The number of sulfonamides is 1. The molecule has 1 unspecified atom stereocenters. The Morgan fingerprint density at radius 2 is 1.59 bits per heavy atom. The standard InChI is InChI=1S/C31H38ClN3O5S/c1-21-8-15-27(16-9-21)41(38,39)35(28-17-12-25(32)18-22(28)2)20-29(36)34(23(3)30(37)33-31(4,5)6)19-24-10-13-26(40-7)14-11-24/h8-18,23H,19-20H2,1-7H3,(H,33,37). The van der Waals surface area contributed by atoms with Crippen LogP contribution in [0.15, 0.2) is 71.6 Å². The molecule has 0 bridgehead atoms. The van der Waals surface area contributed by atoms with Gasteiger partial charge in [0.1, 0.15) is 18.3 Å². The largest absolute Gasteiger partial charge is 0.497 e. The van der Waals surface area contributed by atoms with Crippen LogP contribution >= 0.6 is 11.6 Å². The number of anilines is 1. The van der Waals surface area contributed by atoms with Crippen LogP contribution in [0.1, 0.15) is 44.4 Å². The van der Waals surface area contributed by atoms with E-state index in [2.05, 4.69) is 5.32 Å². The lowest BCUT2D eigenvalue weighted by Crippen LogP contribution is -2.54. The van der Waals surface area contributed by atoms with Gasteiger partial charge in [-0.2, -0.15) is 0 Å². The second kappa shape index (κ2) is 13.0. The quantitative estimate of drug-likeness (QED) is 0.332. The van der Waals surface area contributed by atoms with E-state index in [4.69, 9.17) is 16.3 Å². The first-order chi connectivity index (χ1) is 19.1. The number of ether oxygens (including phenoxy) is 1. The maximum absolute atomic E-state index is 14.1. The summed E-state index contributed by atoms with van der Waals surface area (Å²) in [6, 6.07) is 17.5. The maximum atomic E-state index is 14.1. The number of amides is 2. The van der Waals surface area contributed by atoms with Gasteiger partial charge in [0.15, 0.2) is 0 Å². The lowest BCUT2D eigenvalue weighted by molar-refractivity contribution is -0.140. The molecule has 1 N–H and O–H groups in total. The number of halogens is 1. The number of carbonyl (C=O) groups excluding carboxylic acids is 2. The molecule has 0 aliphatic carbocycles. The SMILES string of the molecule is COc1ccc(CN(C(=O)CN(c2ccc(Cl)cc2C)S(=O)(=O)c2ccc(C)cc2)C(C)C(=O)NC(C)(C)C)cc1. The predicted octanol–water partition coefficient (Wildman–Crippen LogP) is 5.49. The molecule has 0 saturated heterocycles. The Kier molecular flexibility index (Phi) is 10.1. The zero-order valence-electron chi connectivity index (χ0n) is 24.6. The molecule has 3 aromatic rings. The van der Waals surface area contributed by atoms with Crippen molar-refractivity contribution >= 4 is 39.1 Å². The van der Waals surface area contributed by atoms with Gasteiger partial charge in [-0.05, 0) is 95.1 Å². The first-order valence-corrected chi connectivity index (χ1v) is 15.0. The molecular formula is C31H38ClN3O5S. The summed E-state index contributed by atoms with van der Waals surface area (Å²) in [5, 5.41) is 3.36. The summed E-state index contributed by atoms with van der Waals surface area (Å²) >= 11 is 6.17. The molecule has 1 atom stereocenters. The lowest BCUT2D eigenvalue weighted by Gasteiger charge is -2.34. The van der Waals surface area contributed by atoms with Gasteiger partial charge in [0.25, 0.3) is 10.0 Å². The van der Waals surface area contributed by atoms with Crippen molar-refractivity contribution in [3.8, 4) is 5.75 Å². The Labute approximate surface area is 248 Å². The molecular weight excluding hydrogens is 562 g/mol. The minimum Gasteiger partial charge on any atom is -0.497 e. The fourth-order valence-corrected chi connectivity index (χ4v) is 5.94. The van der Waals surface area contributed by atoms with Crippen LogP contribution in [0, 0.1) is 13.8 Å². The number of nitrogens with one attached hydrogen (secondary N) is 1. The molecule has 0 aliphatic heterocycles. The third-order valence-corrected chi connectivity index (χ3v) is 8.50. The molecule has 0 spiro atoms. The van der Waals surface area contributed by atoms with Gasteiger partial charge < -0.3 is 15.0 Å². The van der Waals surface area contributed by atoms with Crippen LogP contribution in [0.2, 0.25) is 5.02 Å². The number of nitrogens with zero attached hydrogens (tertiary/aromatic N) is 2. The minimum atomic E-state index is -4.17. The fraction of sp³-hybridized carbons (Fsp3) is 0.355. The predicted molar refractivity (Wildman–Crippen MR) is 163 cm³/mol. The summed E-state index contributed by atoms with van der Waals surface area (Å²) in [5.41, 5.74) is 2.03. The van der Waals surface area contributed by atoms with Gasteiger partial charge in [-0.25, -0.2) is 8.42 Å². The molecule has 0 fully saturated rings. The second-order valence-corrected chi connectivity index (χ2v) is 13.3. The van der Waals surface area contributed by atoms with Crippen molar-refractivity contribution in [1.82, 2.24) is 10.2 Å². The van der Waals surface area contributed by atoms with Crippen LogP contribution in [-0.4, -0.2) is 50.4 Å². The average Bonchev–Trinajstić information content (AvgIpc) is 2.90. The fourth-order valence-electron chi connectivity index (χ4n) is 4.23. The Hall–Kier alpha value is -3.56. The smallest absolute Gasteiger partial charge is 0.264 e. The maximum Gasteiger partial charge on any atom is 0.264 e. The van der Waals surface area contributed by atoms with E-state index in [-0.39, 0.29) is 17.3 Å². The number of aryl methyl sites for hydroxylation is 2. The van der Waals surface area contributed by atoms with E-state index >= 15 is 0 Å². The molecule has 0 saturated carbocycles. The number of hydrogen-bond donors (Lipinski definition) is 1. The highest BCUT2D eigenvalue weighted by Crippen LogP contribution is 2.29. The lowest BCUT2D eigenvalue weighted by atomic mass is 10.1. The van der Waals surface area contributed by atoms with Crippen LogP contribution in [0.25, 0.3) is 0 Å². The van der Waals surface area contributed by atoms with E-state index in [1.807, 2.05) is 27.7 Å². The van der Waals surface area contributed by atoms with E-state index in [0.717, 1.165) is 15.4 Å². The van der Waals surface area contributed by atoms with Gasteiger partial charge in [-0.3, -0.25) is 13.9 Å². The Morgan fingerprint density at radius 3 is 2.12 bits per heavy atom. The van der Waals surface area contributed by atoms with E-state index in [1.54, 1.807) is 75.6 Å². The van der Waals surface area contributed by atoms with Crippen molar-refractivity contribution in [2.24, 2.45) is 0 Å². The van der Waals surface area contributed by atoms with Crippen molar-refractivity contribution < 1.29 is 22.7 Å². The molecule has 0 heterocycles. The van der Waals surface area contributed by atoms with Crippen molar-refractivity contribution in [3.05, 3.63) is 88.4 Å². The summed E-state index contributed by atoms with van der Waals surface area (Å²) in [6.07, 6.45) is 0. The molecule has 220 valence electrons. The number of hydrogen-bond acceptors (Lipinski definition) is 5. The summed E-state index contributed by atoms with van der Waals surface area (Å²) in [5.74, 6) is -0.240. The molecule has 0 radical (unpaired) electrons. The topological polar surface area (TPSA) is 96.0 Å². The Morgan fingerprint density at radius 1 is 0.976 bits per heavy atom. The normalized spacial score (nSPS) is 12.4. The van der Waals surface area contributed by atoms with Crippen LogP contribution in [-0.2, 0) is 26.2 Å². The molecule has 0 aliphatic rings. The first kappa shape index (κ1) is 32.0. The molecule has 10 heteroatoms. The molecule has 8 nitrogen and oxygen atoms in total. The van der Waals surface area contributed by atoms with Gasteiger partial charge >= 0.3 is 0 Å². The molecule has 3 aromatic carbocycles. The van der Waals surface area contributed by atoms with Gasteiger partial charge in [-0.1, -0.05) is 41.4 Å². The van der Waals surface area contributed by atoms with Gasteiger partial charge in [0.05, 0.1) is 17.7 Å². The Bertz CT molecular complexity index is 1480. The number of benzene rings is 3. The molecule has 41 heavy (non-hydrogen) atoms. The number of rotatable bonds is 10. The highest BCUT2D eigenvalue weighted by molar-refractivity contribution is 7.92. The number of carbonyl (C=O) groups is 2. The van der Waals surface area contributed by atoms with Crippen molar-refractivity contribution in [2.75, 3.05) is 18.0 Å². The van der Waals surface area contributed by atoms with Crippen LogP contribution in [0.3, 0.4) is 0 Å². The minimum absolute atomic E-state index is 0.0467. The second-order valence-electron chi connectivity index (χ2n) is 11.0. The van der Waals surface area contributed by atoms with E-state index in [1.165, 1.54) is 17.0 Å². The summed E-state index contributed by atoms with van der Waals surface area (Å²) in [7, 11) is -2.60. The van der Waals surface area contributed by atoms with Gasteiger partial charge in [-0.15, -0.1) is 0 Å². The summed E-state index contributed by atoms with van der Waals surface area (Å²) < 4.78 is 34.3. The van der Waals surface area contributed by atoms with E-state index in [0.29, 0.717) is 22.0 Å². The van der Waals surface area contributed by atoms with Gasteiger partial charge in [0.2, 0.25) is 11.8 Å². The van der Waals surface area contributed by atoms with Gasteiger partial charge in [0, 0.05) is 17.1 Å². The van der Waals surface area contributed by atoms with E-state index < -0.39 is 34.1 Å². The zero-order valence-corrected chi connectivity index (χ0v) is 26.1. The van der Waals surface area contributed by atoms with Crippen molar-refractivity contribution in [1.29, 1.82) is 0 Å². The Balaban J connectivity index is 2.06. The highest BCUT2D eigenvalue weighted by atomic mass is 35.5. The van der Waals surface area contributed by atoms with Crippen molar-refractivity contribution in [3.63, 3.8) is 0 Å². The number of methoxy groups -OCH3 is 1. The summed E-state index contributed by atoms with van der Waals surface area (Å²) in [6.45, 7) is 10.3. The first-order valence-electron chi connectivity index (χ1n) is 13.2. The van der Waals surface area contributed by atoms with Crippen LogP contribution in [0.4, 0.5) is 5.69 Å². The highest BCUT2D eigenvalue weighted by Gasteiger charge is 2.34. The summed E-state index contributed by atoms with van der Waals surface area (Å²) in [4.78, 5) is 28.7. The van der Waals surface area contributed by atoms with E-state index in [9.17, 15) is 18.0 Å². The monoisotopic (exact) mass is 599 g/mol. The third-order valence-electron chi connectivity index (χ3n) is 6.49. The van der Waals surface area contributed by atoms with Crippen molar-refractivity contribution in [2.45, 2.75) is 64.6 Å². The average molecular weight is 600 g/mol.